The van der Waals surface area contributed by atoms with Gasteiger partial charge in [-0.1, -0.05) is 18.2 Å². The van der Waals surface area contributed by atoms with Crippen molar-refractivity contribution >= 4 is 17.4 Å². The summed E-state index contributed by atoms with van der Waals surface area (Å²) in [6, 6.07) is 7.83. The zero-order chi connectivity index (χ0) is 16.3. The third-order valence-corrected chi connectivity index (χ3v) is 3.23. The number of nitrogens with one attached hydrogen (secondary N) is 2. The van der Waals surface area contributed by atoms with Gasteiger partial charge in [-0.2, -0.15) is 0 Å². The van der Waals surface area contributed by atoms with Crippen molar-refractivity contribution in [2.24, 2.45) is 0 Å². The average Bonchev–Trinajstić information content (AvgIpc) is 2.41. The van der Waals surface area contributed by atoms with Gasteiger partial charge in [-0.05, 0) is 45.7 Å². The molecule has 1 aromatic heterocycles. The summed E-state index contributed by atoms with van der Waals surface area (Å²) < 4.78 is 0. The maximum absolute atomic E-state index is 12.5. The van der Waals surface area contributed by atoms with E-state index in [1.807, 2.05) is 45.9 Å². The number of aromatic nitrogens is 2. The number of aryl methyl sites for hydroxylation is 3. The summed E-state index contributed by atoms with van der Waals surface area (Å²) >= 11 is 0. The second-order valence-corrected chi connectivity index (χ2v) is 5.71. The molecule has 1 heterocycles. The number of para-hydroxylation sites is 1. The van der Waals surface area contributed by atoms with E-state index in [0.717, 1.165) is 16.8 Å². The van der Waals surface area contributed by atoms with Gasteiger partial charge in [0.1, 0.15) is 17.3 Å². The van der Waals surface area contributed by atoms with Crippen LogP contribution in [0.15, 0.2) is 24.3 Å². The molecule has 0 aliphatic rings. The van der Waals surface area contributed by atoms with Crippen molar-refractivity contribution in [2.45, 2.75) is 40.7 Å². The van der Waals surface area contributed by atoms with Crippen LogP contribution in [-0.4, -0.2) is 21.9 Å². The van der Waals surface area contributed by atoms with Crippen LogP contribution in [0.1, 0.15) is 41.3 Å². The van der Waals surface area contributed by atoms with Crippen LogP contribution in [0.25, 0.3) is 0 Å². The SMILES string of the molecule is Cc1nc(NC(C)C)cc(C(=O)Nc2c(C)cccc2C)n1. The normalized spacial score (nSPS) is 10.6. The summed E-state index contributed by atoms with van der Waals surface area (Å²) in [7, 11) is 0. The lowest BCUT2D eigenvalue weighted by Crippen LogP contribution is -2.18. The highest BCUT2D eigenvalue weighted by Crippen LogP contribution is 2.20. The molecule has 0 spiro atoms. The quantitative estimate of drug-likeness (QED) is 0.907. The van der Waals surface area contributed by atoms with Gasteiger partial charge in [-0.15, -0.1) is 0 Å². The van der Waals surface area contributed by atoms with Gasteiger partial charge in [-0.3, -0.25) is 4.79 Å². The van der Waals surface area contributed by atoms with E-state index in [-0.39, 0.29) is 11.9 Å². The second-order valence-electron chi connectivity index (χ2n) is 5.71. The van der Waals surface area contributed by atoms with Crippen LogP contribution in [0, 0.1) is 20.8 Å². The Morgan fingerprint density at radius 2 is 1.73 bits per heavy atom. The monoisotopic (exact) mass is 298 g/mol. The molecule has 0 atom stereocenters. The maximum atomic E-state index is 12.5. The molecular formula is C17H22N4O. The van der Waals surface area contributed by atoms with Gasteiger partial charge in [0.2, 0.25) is 0 Å². The van der Waals surface area contributed by atoms with Gasteiger partial charge in [0.25, 0.3) is 5.91 Å². The van der Waals surface area contributed by atoms with Crippen molar-refractivity contribution in [3.05, 3.63) is 46.9 Å². The molecular weight excluding hydrogens is 276 g/mol. The van der Waals surface area contributed by atoms with Crippen molar-refractivity contribution in [2.75, 3.05) is 10.6 Å². The Kier molecular flexibility index (Phi) is 4.75. The molecule has 0 aliphatic heterocycles. The highest BCUT2D eigenvalue weighted by Gasteiger charge is 2.13. The van der Waals surface area contributed by atoms with E-state index in [9.17, 15) is 4.79 Å². The first kappa shape index (κ1) is 15.9. The van der Waals surface area contributed by atoms with Gasteiger partial charge >= 0.3 is 0 Å². The lowest BCUT2D eigenvalue weighted by atomic mass is 10.1. The van der Waals surface area contributed by atoms with E-state index in [1.54, 1.807) is 13.0 Å². The number of nitrogens with zero attached hydrogens (tertiary/aromatic N) is 2. The molecule has 2 N–H and O–H groups in total. The summed E-state index contributed by atoms with van der Waals surface area (Å²) in [4.78, 5) is 21.0. The van der Waals surface area contributed by atoms with Crippen LogP contribution in [0.2, 0.25) is 0 Å². The van der Waals surface area contributed by atoms with Crippen LogP contribution >= 0.6 is 0 Å². The second kappa shape index (κ2) is 6.56. The fourth-order valence-electron chi connectivity index (χ4n) is 2.24. The minimum Gasteiger partial charge on any atom is -0.368 e. The number of hydrogen-bond acceptors (Lipinski definition) is 4. The zero-order valence-corrected chi connectivity index (χ0v) is 13.7. The molecule has 0 unspecified atom stereocenters. The van der Waals surface area contributed by atoms with Crippen molar-refractivity contribution in [1.82, 2.24) is 9.97 Å². The lowest BCUT2D eigenvalue weighted by molar-refractivity contribution is 0.102. The van der Waals surface area contributed by atoms with Gasteiger partial charge in [0.05, 0.1) is 0 Å². The zero-order valence-electron chi connectivity index (χ0n) is 13.7. The van der Waals surface area contributed by atoms with Gasteiger partial charge in [0.15, 0.2) is 0 Å². The smallest absolute Gasteiger partial charge is 0.274 e. The van der Waals surface area contributed by atoms with Crippen LogP contribution in [0.3, 0.4) is 0 Å². The van der Waals surface area contributed by atoms with Gasteiger partial charge in [-0.25, -0.2) is 9.97 Å². The van der Waals surface area contributed by atoms with Crippen molar-refractivity contribution in [3.8, 4) is 0 Å². The van der Waals surface area contributed by atoms with E-state index >= 15 is 0 Å². The van der Waals surface area contributed by atoms with Gasteiger partial charge < -0.3 is 10.6 Å². The van der Waals surface area contributed by atoms with Gasteiger partial charge in [0, 0.05) is 17.8 Å². The van der Waals surface area contributed by atoms with E-state index in [0.29, 0.717) is 17.3 Å². The Morgan fingerprint density at radius 3 is 2.32 bits per heavy atom. The maximum Gasteiger partial charge on any atom is 0.274 e. The largest absolute Gasteiger partial charge is 0.368 e. The molecule has 22 heavy (non-hydrogen) atoms. The highest BCUT2D eigenvalue weighted by atomic mass is 16.1. The minimum atomic E-state index is -0.227. The number of carbonyl (C=O) groups excluding carboxylic acids is 1. The fraction of sp³-hybridized carbons (Fsp3) is 0.353. The Morgan fingerprint density at radius 1 is 1.09 bits per heavy atom. The molecule has 0 saturated heterocycles. The molecule has 0 radical (unpaired) electrons. The lowest BCUT2D eigenvalue weighted by Gasteiger charge is -2.13. The summed E-state index contributed by atoms with van der Waals surface area (Å²) in [5.74, 6) is 1.00. The molecule has 0 saturated carbocycles. The van der Waals surface area contributed by atoms with Crippen LogP contribution in [0.5, 0.6) is 0 Å². The minimum absolute atomic E-state index is 0.227. The first-order valence-corrected chi connectivity index (χ1v) is 7.36. The van der Waals surface area contributed by atoms with E-state index in [2.05, 4.69) is 20.6 Å². The Bertz CT molecular complexity index is 675. The predicted molar refractivity (Wildman–Crippen MR) is 89.4 cm³/mol. The molecule has 0 fully saturated rings. The third-order valence-electron chi connectivity index (χ3n) is 3.23. The molecule has 1 amide bonds. The molecule has 5 nitrogen and oxygen atoms in total. The third kappa shape index (κ3) is 3.81. The first-order valence-electron chi connectivity index (χ1n) is 7.36. The van der Waals surface area contributed by atoms with Crippen LogP contribution < -0.4 is 10.6 Å². The highest BCUT2D eigenvalue weighted by molar-refractivity contribution is 6.04. The molecule has 1 aromatic carbocycles. The van der Waals surface area contributed by atoms with E-state index < -0.39 is 0 Å². The van der Waals surface area contributed by atoms with Crippen LogP contribution in [-0.2, 0) is 0 Å². The van der Waals surface area contributed by atoms with Crippen LogP contribution in [0.4, 0.5) is 11.5 Å². The summed E-state index contributed by atoms with van der Waals surface area (Å²) in [5.41, 5.74) is 3.25. The Hall–Kier alpha value is -2.43. The Balaban J connectivity index is 2.28. The van der Waals surface area contributed by atoms with Crippen molar-refractivity contribution < 1.29 is 4.79 Å². The fourth-order valence-corrected chi connectivity index (χ4v) is 2.24. The number of anilines is 2. The summed E-state index contributed by atoms with van der Waals surface area (Å²) in [6.07, 6.45) is 0. The number of amides is 1. The van der Waals surface area contributed by atoms with Crippen molar-refractivity contribution in [1.29, 1.82) is 0 Å². The number of carbonyl (C=O) groups is 1. The molecule has 116 valence electrons. The average molecular weight is 298 g/mol. The standard InChI is InChI=1S/C17H22N4O/c1-10(2)18-15-9-14(19-13(5)20-15)17(22)21-16-11(3)7-6-8-12(16)4/h6-10H,1-5H3,(H,21,22)(H,18,19,20). The molecule has 2 aromatic rings. The molecule has 5 heteroatoms. The molecule has 2 rings (SSSR count). The number of hydrogen-bond donors (Lipinski definition) is 2. The topological polar surface area (TPSA) is 66.9 Å². The molecule has 0 aliphatic carbocycles. The van der Waals surface area contributed by atoms with E-state index in [1.165, 1.54) is 0 Å². The number of rotatable bonds is 4. The van der Waals surface area contributed by atoms with E-state index in [4.69, 9.17) is 0 Å². The van der Waals surface area contributed by atoms with Crippen molar-refractivity contribution in [3.63, 3.8) is 0 Å². The first-order chi connectivity index (χ1) is 10.4. The molecule has 0 bridgehead atoms. The summed E-state index contributed by atoms with van der Waals surface area (Å²) in [6.45, 7) is 9.77. The number of benzene rings is 1. The Labute approximate surface area is 131 Å². The summed E-state index contributed by atoms with van der Waals surface area (Å²) in [5, 5.41) is 6.14. The predicted octanol–water partition coefficient (Wildman–Crippen LogP) is 3.47.